The predicted octanol–water partition coefficient (Wildman–Crippen LogP) is 0.821. The van der Waals surface area contributed by atoms with Crippen LogP contribution in [0.25, 0.3) is 0 Å². The molecular formula is C11H10F2N2O3. The molecule has 1 fully saturated rings. The van der Waals surface area contributed by atoms with Crippen molar-refractivity contribution in [1.29, 1.82) is 0 Å². The van der Waals surface area contributed by atoms with E-state index in [1.807, 2.05) is 0 Å². The van der Waals surface area contributed by atoms with E-state index < -0.39 is 23.2 Å². The van der Waals surface area contributed by atoms with E-state index >= 15 is 0 Å². The Balaban J connectivity index is 2.19. The molecule has 0 saturated carbocycles. The van der Waals surface area contributed by atoms with E-state index in [0.717, 1.165) is 12.1 Å². The van der Waals surface area contributed by atoms with Gasteiger partial charge in [-0.15, -0.1) is 0 Å². The number of carboxylic acids is 1. The van der Waals surface area contributed by atoms with Crippen molar-refractivity contribution in [2.45, 2.75) is 0 Å². The van der Waals surface area contributed by atoms with E-state index in [-0.39, 0.29) is 17.5 Å². The maximum absolute atomic E-state index is 13.3. The minimum atomic E-state index is -1.69. The molecule has 1 amide bonds. The molecule has 5 nitrogen and oxygen atoms in total. The second-order valence-electron chi connectivity index (χ2n) is 3.96. The van der Waals surface area contributed by atoms with Gasteiger partial charge in [-0.3, -0.25) is 4.79 Å². The monoisotopic (exact) mass is 256 g/mol. The molecule has 1 aromatic rings. The number of aromatic carboxylic acids is 1. The minimum absolute atomic E-state index is 0.0908. The molecule has 18 heavy (non-hydrogen) atoms. The lowest BCUT2D eigenvalue weighted by Gasteiger charge is -2.25. The Morgan fingerprint density at radius 2 is 1.83 bits per heavy atom. The Kier molecular flexibility index (Phi) is 3.24. The number of hydrogen-bond donors (Lipinski definition) is 3. The minimum Gasteiger partial charge on any atom is -0.477 e. The highest BCUT2D eigenvalue weighted by molar-refractivity contribution is 5.94. The third-order valence-electron chi connectivity index (χ3n) is 2.68. The predicted molar refractivity (Wildman–Crippen MR) is 58.3 cm³/mol. The fourth-order valence-corrected chi connectivity index (χ4v) is 1.57. The number of hydrogen-bond acceptors (Lipinski definition) is 3. The molecule has 3 N–H and O–H groups in total. The fourth-order valence-electron chi connectivity index (χ4n) is 1.57. The Labute approximate surface area is 101 Å². The Hall–Kier alpha value is -2.02. The second kappa shape index (κ2) is 4.69. The third-order valence-corrected chi connectivity index (χ3v) is 2.68. The molecular weight excluding hydrogens is 246 g/mol. The maximum Gasteiger partial charge on any atom is 0.341 e. The summed E-state index contributed by atoms with van der Waals surface area (Å²) in [5.74, 6) is -4.70. The van der Waals surface area contributed by atoms with Crippen LogP contribution < -0.4 is 10.6 Å². The van der Waals surface area contributed by atoms with E-state index in [1.54, 1.807) is 0 Å². The van der Waals surface area contributed by atoms with E-state index in [2.05, 4.69) is 10.6 Å². The summed E-state index contributed by atoms with van der Waals surface area (Å²) in [4.78, 5) is 22.1. The molecule has 0 bridgehead atoms. The lowest BCUT2D eigenvalue weighted by molar-refractivity contribution is -0.121. The highest BCUT2D eigenvalue weighted by Gasteiger charge is 2.25. The standard InChI is InChI=1S/C11H10F2N2O3/c12-7-1-6(2-8(13)9(7)11(17)18)15-10(16)5-3-14-4-5/h1-2,5,14H,3-4H2,(H,15,16)(H,17,18). The summed E-state index contributed by atoms with van der Waals surface area (Å²) in [6.45, 7) is 1.04. The summed E-state index contributed by atoms with van der Waals surface area (Å²) in [6.07, 6.45) is 0. The molecule has 0 radical (unpaired) electrons. The molecule has 0 spiro atoms. The molecule has 1 aliphatic rings. The number of amides is 1. The number of anilines is 1. The Morgan fingerprint density at radius 3 is 2.22 bits per heavy atom. The Bertz CT molecular complexity index is 492. The molecule has 0 aromatic heterocycles. The first-order valence-electron chi connectivity index (χ1n) is 5.23. The Morgan fingerprint density at radius 1 is 1.28 bits per heavy atom. The van der Waals surface area contributed by atoms with Crippen molar-refractivity contribution in [3.05, 3.63) is 29.3 Å². The highest BCUT2D eigenvalue weighted by Crippen LogP contribution is 2.20. The van der Waals surface area contributed by atoms with Crippen LogP contribution in [0.1, 0.15) is 10.4 Å². The van der Waals surface area contributed by atoms with Gasteiger partial charge in [0.15, 0.2) is 0 Å². The van der Waals surface area contributed by atoms with Crippen LogP contribution in [0.5, 0.6) is 0 Å². The van der Waals surface area contributed by atoms with E-state index in [0.29, 0.717) is 13.1 Å². The molecule has 0 atom stereocenters. The van der Waals surface area contributed by atoms with Gasteiger partial charge in [0.2, 0.25) is 5.91 Å². The smallest absolute Gasteiger partial charge is 0.341 e. The van der Waals surface area contributed by atoms with Gasteiger partial charge in [-0.2, -0.15) is 0 Å². The van der Waals surface area contributed by atoms with Gasteiger partial charge in [0.25, 0.3) is 0 Å². The van der Waals surface area contributed by atoms with E-state index in [4.69, 9.17) is 5.11 Å². The van der Waals surface area contributed by atoms with Crippen LogP contribution in [-0.2, 0) is 4.79 Å². The molecule has 1 heterocycles. The first kappa shape index (κ1) is 12.4. The van der Waals surface area contributed by atoms with Crippen LogP contribution in [0.2, 0.25) is 0 Å². The largest absolute Gasteiger partial charge is 0.477 e. The van der Waals surface area contributed by atoms with Gasteiger partial charge in [-0.1, -0.05) is 0 Å². The van der Waals surface area contributed by atoms with Gasteiger partial charge in [-0.25, -0.2) is 13.6 Å². The number of carbonyl (C=O) groups excluding carboxylic acids is 1. The average Bonchev–Trinajstić information content (AvgIpc) is 2.11. The van der Waals surface area contributed by atoms with Gasteiger partial charge < -0.3 is 15.7 Å². The van der Waals surface area contributed by atoms with Crippen LogP contribution in [0.4, 0.5) is 14.5 Å². The first-order chi connectivity index (χ1) is 8.49. The number of rotatable bonds is 3. The zero-order chi connectivity index (χ0) is 13.3. The summed E-state index contributed by atoms with van der Waals surface area (Å²) >= 11 is 0. The van der Waals surface area contributed by atoms with Gasteiger partial charge in [0.05, 0.1) is 5.92 Å². The zero-order valence-electron chi connectivity index (χ0n) is 9.17. The van der Waals surface area contributed by atoms with E-state index in [1.165, 1.54) is 0 Å². The summed E-state index contributed by atoms with van der Waals surface area (Å²) in [5, 5.41) is 13.8. The van der Waals surface area contributed by atoms with Crippen molar-refractivity contribution in [1.82, 2.24) is 5.32 Å². The highest BCUT2D eigenvalue weighted by atomic mass is 19.1. The summed E-state index contributed by atoms with van der Waals surface area (Å²) in [7, 11) is 0. The molecule has 1 aromatic carbocycles. The zero-order valence-corrected chi connectivity index (χ0v) is 9.17. The van der Waals surface area contributed by atoms with Gasteiger partial charge in [0, 0.05) is 18.8 Å². The van der Waals surface area contributed by atoms with Crippen molar-refractivity contribution >= 4 is 17.6 Å². The number of halogens is 2. The number of carboxylic acid groups (broad SMARTS) is 1. The SMILES string of the molecule is O=C(O)c1c(F)cc(NC(=O)C2CNC2)cc1F. The van der Waals surface area contributed by atoms with Crippen LogP contribution >= 0.6 is 0 Å². The van der Waals surface area contributed by atoms with Crippen molar-refractivity contribution in [2.75, 3.05) is 18.4 Å². The number of nitrogens with one attached hydrogen (secondary N) is 2. The molecule has 2 rings (SSSR count). The molecule has 0 unspecified atom stereocenters. The van der Waals surface area contributed by atoms with Crippen LogP contribution in [-0.4, -0.2) is 30.1 Å². The normalized spacial score (nSPS) is 15.0. The molecule has 0 aliphatic carbocycles. The molecule has 96 valence electrons. The van der Waals surface area contributed by atoms with Crippen LogP contribution in [0, 0.1) is 17.6 Å². The first-order valence-corrected chi connectivity index (χ1v) is 5.23. The van der Waals surface area contributed by atoms with Crippen molar-refractivity contribution < 1.29 is 23.5 Å². The third kappa shape index (κ3) is 2.30. The number of carbonyl (C=O) groups is 2. The molecule has 1 aliphatic heterocycles. The summed E-state index contributed by atoms with van der Waals surface area (Å²) in [5.41, 5.74) is -1.12. The van der Waals surface area contributed by atoms with Crippen molar-refractivity contribution in [3.8, 4) is 0 Å². The topological polar surface area (TPSA) is 78.4 Å². The van der Waals surface area contributed by atoms with Gasteiger partial charge >= 0.3 is 5.97 Å². The second-order valence-corrected chi connectivity index (χ2v) is 3.96. The van der Waals surface area contributed by atoms with Crippen LogP contribution in [0.15, 0.2) is 12.1 Å². The van der Waals surface area contributed by atoms with Gasteiger partial charge in [-0.05, 0) is 12.1 Å². The van der Waals surface area contributed by atoms with E-state index in [9.17, 15) is 18.4 Å². The fraction of sp³-hybridized carbons (Fsp3) is 0.273. The maximum atomic E-state index is 13.3. The summed E-state index contributed by atoms with van der Waals surface area (Å²) < 4.78 is 26.6. The van der Waals surface area contributed by atoms with Gasteiger partial charge in [0.1, 0.15) is 17.2 Å². The van der Waals surface area contributed by atoms with Crippen molar-refractivity contribution in [2.24, 2.45) is 5.92 Å². The lowest BCUT2D eigenvalue weighted by atomic mass is 10.0. The summed E-state index contributed by atoms with van der Waals surface area (Å²) in [6, 6.07) is 1.58. The average molecular weight is 256 g/mol. The number of benzene rings is 1. The molecule has 1 saturated heterocycles. The molecule has 7 heteroatoms. The van der Waals surface area contributed by atoms with Crippen molar-refractivity contribution in [3.63, 3.8) is 0 Å². The van der Waals surface area contributed by atoms with Crippen LogP contribution in [0.3, 0.4) is 0 Å². The quantitative estimate of drug-likeness (QED) is 0.748. The lowest BCUT2D eigenvalue weighted by Crippen LogP contribution is -2.48.